The van der Waals surface area contributed by atoms with Gasteiger partial charge in [-0.2, -0.15) is 0 Å². The van der Waals surface area contributed by atoms with Crippen LogP contribution in [0.4, 0.5) is 0 Å². The average Bonchev–Trinajstić information content (AvgIpc) is 2.54. The molecule has 6 heteroatoms. The molecule has 2 rings (SSSR count). The van der Waals surface area contributed by atoms with Gasteiger partial charge in [-0.1, -0.05) is 12.1 Å². The minimum Gasteiger partial charge on any atom is -0.493 e. The van der Waals surface area contributed by atoms with Gasteiger partial charge in [0.05, 0.1) is 19.6 Å². The number of carbonyl (C=O) groups excluding carboxylic acids is 1. The maximum atomic E-state index is 12.0. The van der Waals surface area contributed by atoms with Crippen LogP contribution in [0, 0.1) is 12.3 Å². The first-order valence-electron chi connectivity index (χ1n) is 8.29. The molecule has 0 aromatic heterocycles. The fraction of sp³-hybridized carbons (Fsp3) is 0.611. The van der Waals surface area contributed by atoms with Crippen LogP contribution >= 0.6 is 12.4 Å². The number of aryl methyl sites for hydroxylation is 1. The molecule has 0 aliphatic carbocycles. The number of piperidine rings is 1. The highest BCUT2D eigenvalue weighted by Crippen LogP contribution is 2.28. The zero-order chi connectivity index (χ0) is 16.5. The number of nitrogens with one attached hydrogen (secondary N) is 2. The van der Waals surface area contributed by atoms with E-state index in [4.69, 9.17) is 9.47 Å². The summed E-state index contributed by atoms with van der Waals surface area (Å²) >= 11 is 0. The number of amides is 1. The third-order valence-electron chi connectivity index (χ3n) is 4.36. The lowest BCUT2D eigenvalue weighted by molar-refractivity contribution is -0.122. The number of halogens is 1. The van der Waals surface area contributed by atoms with Crippen LogP contribution in [0.3, 0.4) is 0 Å². The van der Waals surface area contributed by atoms with Crippen molar-refractivity contribution >= 4 is 18.3 Å². The average molecular weight is 357 g/mol. The summed E-state index contributed by atoms with van der Waals surface area (Å²) in [4.78, 5) is 12.0. The Hall–Kier alpha value is -1.30. The predicted molar refractivity (Wildman–Crippen MR) is 98.0 cm³/mol. The number of benzene rings is 1. The normalized spacial score (nSPS) is 16.1. The SMILES string of the molecule is COCC1(CNC(=O)CCOc2cccc(C)c2)CCNCC1.Cl. The maximum Gasteiger partial charge on any atom is 0.223 e. The molecule has 1 fully saturated rings. The number of carbonyl (C=O) groups is 1. The van der Waals surface area contributed by atoms with Gasteiger partial charge in [-0.15, -0.1) is 12.4 Å². The quantitative estimate of drug-likeness (QED) is 0.750. The second-order valence-corrected chi connectivity index (χ2v) is 6.37. The van der Waals surface area contributed by atoms with E-state index in [1.165, 1.54) is 0 Å². The molecule has 1 heterocycles. The molecule has 1 aromatic carbocycles. The second kappa shape index (κ2) is 10.5. The van der Waals surface area contributed by atoms with E-state index in [9.17, 15) is 4.79 Å². The van der Waals surface area contributed by atoms with Crippen molar-refractivity contribution in [2.75, 3.05) is 40.0 Å². The summed E-state index contributed by atoms with van der Waals surface area (Å²) in [5.41, 5.74) is 1.21. The van der Waals surface area contributed by atoms with Crippen LogP contribution in [0.1, 0.15) is 24.8 Å². The van der Waals surface area contributed by atoms with E-state index in [2.05, 4.69) is 10.6 Å². The fourth-order valence-corrected chi connectivity index (χ4v) is 2.98. The molecule has 24 heavy (non-hydrogen) atoms. The smallest absolute Gasteiger partial charge is 0.223 e. The molecule has 0 radical (unpaired) electrons. The van der Waals surface area contributed by atoms with Gasteiger partial charge in [0.1, 0.15) is 5.75 Å². The highest BCUT2D eigenvalue weighted by molar-refractivity contribution is 5.85. The summed E-state index contributed by atoms with van der Waals surface area (Å²) in [7, 11) is 1.72. The van der Waals surface area contributed by atoms with Crippen LogP contribution < -0.4 is 15.4 Å². The molecule has 0 spiro atoms. The molecule has 1 aliphatic heterocycles. The van der Waals surface area contributed by atoms with E-state index >= 15 is 0 Å². The Morgan fingerprint density at radius 2 is 2.08 bits per heavy atom. The van der Waals surface area contributed by atoms with Crippen LogP contribution in [0.25, 0.3) is 0 Å². The van der Waals surface area contributed by atoms with Crippen molar-refractivity contribution in [3.05, 3.63) is 29.8 Å². The molecule has 1 aliphatic rings. The molecule has 0 saturated carbocycles. The Morgan fingerprint density at radius 1 is 1.33 bits per heavy atom. The summed E-state index contributed by atoms with van der Waals surface area (Å²) in [6.07, 6.45) is 2.43. The first kappa shape index (κ1) is 20.7. The molecular weight excluding hydrogens is 328 g/mol. The van der Waals surface area contributed by atoms with Crippen molar-refractivity contribution < 1.29 is 14.3 Å². The van der Waals surface area contributed by atoms with Crippen molar-refractivity contribution in [2.45, 2.75) is 26.2 Å². The Labute approximate surface area is 150 Å². The lowest BCUT2D eigenvalue weighted by Gasteiger charge is -2.37. The summed E-state index contributed by atoms with van der Waals surface area (Å²) in [5.74, 6) is 0.846. The van der Waals surface area contributed by atoms with Gasteiger partial charge in [-0.25, -0.2) is 0 Å². The summed E-state index contributed by atoms with van der Waals surface area (Å²) in [6.45, 7) is 5.74. The van der Waals surface area contributed by atoms with E-state index in [1.807, 2.05) is 31.2 Å². The van der Waals surface area contributed by atoms with Gasteiger partial charge in [0.25, 0.3) is 0 Å². The van der Waals surface area contributed by atoms with E-state index in [-0.39, 0.29) is 23.7 Å². The minimum atomic E-state index is 0. The fourth-order valence-electron chi connectivity index (χ4n) is 2.98. The standard InChI is InChI=1S/C18H28N2O3.ClH/c1-15-4-3-5-16(12-15)23-11-6-17(21)20-13-18(14-22-2)7-9-19-10-8-18;/h3-5,12,19H,6-11,13-14H2,1-2H3,(H,20,21);1H. The predicted octanol–water partition coefficient (Wildman–Crippen LogP) is 2.32. The Kier molecular flexibility index (Phi) is 9.11. The summed E-state index contributed by atoms with van der Waals surface area (Å²) in [5, 5.41) is 6.40. The number of hydrogen-bond acceptors (Lipinski definition) is 4. The van der Waals surface area contributed by atoms with Crippen molar-refractivity contribution in [3.63, 3.8) is 0 Å². The Bertz CT molecular complexity index is 499. The van der Waals surface area contributed by atoms with E-state index < -0.39 is 0 Å². The van der Waals surface area contributed by atoms with Gasteiger partial charge < -0.3 is 20.1 Å². The first-order chi connectivity index (χ1) is 11.1. The van der Waals surface area contributed by atoms with Gasteiger partial charge in [0.2, 0.25) is 5.91 Å². The van der Waals surface area contributed by atoms with Crippen LogP contribution in [0.5, 0.6) is 5.75 Å². The van der Waals surface area contributed by atoms with E-state index in [0.717, 1.165) is 37.2 Å². The molecular formula is C18H29ClN2O3. The molecule has 0 unspecified atom stereocenters. The molecule has 1 aromatic rings. The van der Waals surface area contributed by atoms with Gasteiger partial charge in [-0.3, -0.25) is 4.79 Å². The molecule has 2 N–H and O–H groups in total. The van der Waals surface area contributed by atoms with Gasteiger partial charge >= 0.3 is 0 Å². The molecule has 136 valence electrons. The minimum absolute atomic E-state index is 0. The summed E-state index contributed by atoms with van der Waals surface area (Å²) in [6, 6.07) is 7.86. The van der Waals surface area contributed by atoms with Crippen LogP contribution in [0.2, 0.25) is 0 Å². The third-order valence-corrected chi connectivity index (χ3v) is 4.36. The number of methoxy groups -OCH3 is 1. The highest BCUT2D eigenvalue weighted by Gasteiger charge is 2.32. The topological polar surface area (TPSA) is 59.6 Å². The number of hydrogen-bond donors (Lipinski definition) is 2. The molecule has 1 amide bonds. The van der Waals surface area contributed by atoms with E-state index in [0.29, 0.717) is 26.2 Å². The number of ether oxygens (including phenoxy) is 2. The lowest BCUT2D eigenvalue weighted by Crippen LogP contribution is -2.47. The van der Waals surface area contributed by atoms with Crippen molar-refractivity contribution in [3.8, 4) is 5.75 Å². The van der Waals surface area contributed by atoms with Crippen LogP contribution in [-0.2, 0) is 9.53 Å². The van der Waals surface area contributed by atoms with Crippen LogP contribution in [-0.4, -0.2) is 45.9 Å². The van der Waals surface area contributed by atoms with Crippen molar-refractivity contribution in [1.29, 1.82) is 0 Å². The third kappa shape index (κ3) is 6.67. The largest absolute Gasteiger partial charge is 0.493 e. The zero-order valence-corrected chi connectivity index (χ0v) is 15.4. The second-order valence-electron chi connectivity index (χ2n) is 6.37. The monoisotopic (exact) mass is 356 g/mol. The van der Waals surface area contributed by atoms with E-state index in [1.54, 1.807) is 7.11 Å². The molecule has 1 saturated heterocycles. The molecule has 0 atom stereocenters. The Morgan fingerprint density at radius 3 is 2.75 bits per heavy atom. The van der Waals surface area contributed by atoms with Gasteiger partial charge in [0.15, 0.2) is 0 Å². The summed E-state index contributed by atoms with van der Waals surface area (Å²) < 4.78 is 11.0. The van der Waals surface area contributed by atoms with Gasteiger partial charge in [0, 0.05) is 19.1 Å². The number of rotatable bonds is 8. The lowest BCUT2D eigenvalue weighted by atomic mass is 9.79. The Balaban J connectivity index is 0.00000288. The molecule has 5 nitrogen and oxygen atoms in total. The van der Waals surface area contributed by atoms with Crippen molar-refractivity contribution in [2.24, 2.45) is 5.41 Å². The maximum absolute atomic E-state index is 12.0. The highest BCUT2D eigenvalue weighted by atomic mass is 35.5. The van der Waals surface area contributed by atoms with Gasteiger partial charge in [-0.05, 0) is 50.6 Å². The van der Waals surface area contributed by atoms with Crippen LogP contribution in [0.15, 0.2) is 24.3 Å². The molecule has 0 bridgehead atoms. The van der Waals surface area contributed by atoms with Crippen molar-refractivity contribution in [1.82, 2.24) is 10.6 Å². The first-order valence-corrected chi connectivity index (χ1v) is 8.29. The zero-order valence-electron chi connectivity index (χ0n) is 14.6.